The van der Waals surface area contributed by atoms with Gasteiger partial charge in [-0.1, -0.05) is 27.7 Å². The Kier molecular flexibility index (Phi) is 3.76. The molecule has 0 amide bonds. The standard InChI is InChI=1S/C17H28N2O2/c1-5-8-18-10-13-11-20-15(19-13)21-14-9-12-6-7-17(14,4)16(12,2)3/h11-12,14,18H,5-10H2,1-4H3. The van der Waals surface area contributed by atoms with Crippen molar-refractivity contribution < 1.29 is 9.15 Å². The zero-order chi connectivity index (χ0) is 15.1. The lowest BCUT2D eigenvalue weighted by Crippen LogP contribution is -2.38. The van der Waals surface area contributed by atoms with Crippen molar-refractivity contribution in [2.75, 3.05) is 6.54 Å². The largest absolute Gasteiger partial charge is 0.446 e. The van der Waals surface area contributed by atoms with Crippen LogP contribution in [0.3, 0.4) is 0 Å². The molecule has 3 unspecified atom stereocenters. The molecule has 2 bridgehead atoms. The van der Waals surface area contributed by atoms with Crippen LogP contribution in [0.5, 0.6) is 6.08 Å². The van der Waals surface area contributed by atoms with E-state index in [1.807, 2.05) is 0 Å². The van der Waals surface area contributed by atoms with Crippen LogP contribution in [0.1, 0.15) is 59.1 Å². The van der Waals surface area contributed by atoms with Crippen molar-refractivity contribution >= 4 is 0 Å². The highest BCUT2D eigenvalue weighted by Gasteiger charge is 2.62. The van der Waals surface area contributed by atoms with Gasteiger partial charge >= 0.3 is 6.08 Å². The van der Waals surface area contributed by atoms with Crippen molar-refractivity contribution in [3.63, 3.8) is 0 Å². The molecule has 1 aromatic rings. The molecule has 1 heterocycles. The highest BCUT2D eigenvalue weighted by atomic mass is 16.6. The molecule has 3 atom stereocenters. The van der Waals surface area contributed by atoms with Gasteiger partial charge in [0, 0.05) is 12.0 Å². The molecule has 1 aromatic heterocycles. The number of hydrogen-bond donors (Lipinski definition) is 1. The third-order valence-corrected chi connectivity index (χ3v) is 6.22. The quantitative estimate of drug-likeness (QED) is 0.811. The maximum atomic E-state index is 6.13. The molecule has 118 valence electrons. The minimum atomic E-state index is 0.237. The van der Waals surface area contributed by atoms with Crippen LogP contribution in [0.4, 0.5) is 0 Å². The fraction of sp³-hybridized carbons (Fsp3) is 0.824. The average molecular weight is 292 g/mol. The van der Waals surface area contributed by atoms with Crippen molar-refractivity contribution in [1.29, 1.82) is 0 Å². The van der Waals surface area contributed by atoms with Gasteiger partial charge in [-0.15, -0.1) is 0 Å². The monoisotopic (exact) mass is 292 g/mol. The third-order valence-electron chi connectivity index (χ3n) is 6.22. The van der Waals surface area contributed by atoms with Gasteiger partial charge in [0.25, 0.3) is 0 Å². The molecule has 0 aromatic carbocycles. The predicted octanol–water partition coefficient (Wildman–Crippen LogP) is 3.77. The first-order valence-corrected chi connectivity index (χ1v) is 8.29. The predicted molar refractivity (Wildman–Crippen MR) is 82.1 cm³/mol. The van der Waals surface area contributed by atoms with Crippen LogP contribution in [0.15, 0.2) is 10.7 Å². The van der Waals surface area contributed by atoms with Crippen LogP contribution in [0.25, 0.3) is 0 Å². The second-order valence-electron chi connectivity index (χ2n) is 7.50. The SMILES string of the molecule is CCCNCc1coc(OC2CC3CCC2(C)C3(C)C)n1. The molecule has 0 aliphatic heterocycles. The average Bonchev–Trinajstić information content (AvgIpc) is 3.02. The summed E-state index contributed by atoms with van der Waals surface area (Å²) in [6, 6.07) is 0. The Morgan fingerprint density at radius 1 is 1.43 bits per heavy atom. The van der Waals surface area contributed by atoms with Gasteiger partial charge in [-0.05, 0) is 43.6 Å². The normalized spacial score (nSPS) is 33.5. The number of rotatable bonds is 6. The first-order chi connectivity index (χ1) is 9.97. The lowest BCUT2D eigenvalue weighted by Gasteiger charge is -2.38. The molecule has 0 saturated heterocycles. The Morgan fingerprint density at radius 3 is 2.86 bits per heavy atom. The van der Waals surface area contributed by atoms with E-state index >= 15 is 0 Å². The Labute approximate surface area is 127 Å². The molecule has 4 nitrogen and oxygen atoms in total. The number of aromatic nitrogens is 1. The first-order valence-electron chi connectivity index (χ1n) is 8.29. The van der Waals surface area contributed by atoms with Crippen LogP contribution in [-0.2, 0) is 6.54 Å². The molecule has 0 spiro atoms. The fourth-order valence-electron chi connectivity index (χ4n) is 4.25. The zero-order valence-corrected chi connectivity index (χ0v) is 13.7. The van der Waals surface area contributed by atoms with E-state index in [0.29, 0.717) is 11.5 Å². The summed E-state index contributed by atoms with van der Waals surface area (Å²) >= 11 is 0. The number of fused-ring (bicyclic) bond motifs is 2. The minimum absolute atomic E-state index is 0.237. The third kappa shape index (κ3) is 2.37. The lowest BCUT2D eigenvalue weighted by atomic mass is 9.70. The van der Waals surface area contributed by atoms with E-state index in [2.05, 4.69) is 38.0 Å². The van der Waals surface area contributed by atoms with Crippen LogP contribution in [-0.4, -0.2) is 17.6 Å². The van der Waals surface area contributed by atoms with Gasteiger partial charge in [-0.3, -0.25) is 0 Å². The second kappa shape index (κ2) is 5.31. The molecule has 1 N–H and O–H groups in total. The Hall–Kier alpha value is -1.03. The van der Waals surface area contributed by atoms with Gasteiger partial charge in [0.05, 0.1) is 5.69 Å². The fourth-order valence-corrected chi connectivity index (χ4v) is 4.25. The number of ether oxygens (including phenoxy) is 1. The smallest absolute Gasteiger partial charge is 0.394 e. The van der Waals surface area contributed by atoms with Crippen molar-refractivity contribution in [2.24, 2.45) is 16.7 Å². The highest BCUT2D eigenvalue weighted by molar-refractivity contribution is 5.13. The maximum absolute atomic E-state index is 6.13. The number of nitrogens with one attached hydrogen (secondary N) is 1. The molecular formula is C17H28N2O2. The highest BCUT2D eigenvalue weighted by Crippen LogP contribution is 2.66. The lowest BCUT2D eigenvalue weighted by molar-refractivity contribution is 0.0118. The topological polar surface area (TPSA) is 47.3 Å². The summed E-state index contributed by atoms with van der Waals surface area (Å²) in [6.45, 7) is 11.1. The van der Waals surface area contributed by atoms with Gasteiger partial charge in [0.2, 0.25) is 0 Å². The van der Waals surface area contributed by atoms with Crippen LogP contribution in [0.2, 0.25) is 0 Å². The molecule has 2 aliphatic carbocycles. The summed E-state index contributed by atoms with van der Waals surface area (Å²) in [5, 5.41) is 3.33. The van der Waals surface area contributed by atoms with Gasteiger partial charge in [-0.25, -0.2) is 0 Å². The van der Waals surface area contributed by atoms with E-state index in [1.165, 1.54) is 12.8 Å². The summed E-state index contributed by atoms with van der Waals surface area (Å²) in [5.41, 5.74) is 1.52. The van der Waals surface area contributed by atoms with E-state index in [4.69, 9.17) is 9.15 Å². The van der Waals surface area contributed by atoms with Gasteiger partial charge in [0.1, 0.15) is 12.4 Å². The summed E-state index contributed by atoms with van der Waals surface area (Å²) in [7, 11) is 0. The van der Waals surface area contributed by atoms with E-state index < -0.39 is 0 Å². The molecule has 2 saturated carbocycles. The Morgan fingerprint density at radius 2 is 2.24 bits per heavy atom. The Bertz CT molecular complexity index is 497. The number of hydrogen-bond acceptors (Lipinski definition) is 4. The van der Waals surface area contributed by atoms with E-state index in [1.54, 1.807) is 6.26 Å². The number of oxazole rings is 1. The Balaban J connectivity index is 1.63. The van der Waals surface area contributed by atoms with E-state index in [-0.39, 0.29) is 11.5 Å². The number of nitrogens with zero attached hydrogens (tertiary/aromatic N) is 1. The van der Waals surface area contributed by atoms with Crippen molar-refractivity contribution in [3.05, 3.63) is 12.0 Å². The molecule has 4 heteroatoms. The summed E-state index contributed by atoms with van der Waals surface area (Å²) in [6.07, 6.45) is 7.23. The molecule has 2 aliphatic rings. The van der Waals surface area contributed by atoms with Crippen LogP contribution >= 0.6 is 0 Å². The molecule has 21 heavy (non-hydrogen) atoms. The zero-order valence-electron chi connectivity index (χ0n) is 13.7. The van der Waals surface area contributed by atoms with Crippen LogP contribution < -0.4 is 10.1 Å². The molecule has 0 radical (unpaired) electrons. The van der Waals surface area contributed by atoms with Gasteiger partial charge in [-0.2, -0.15) is 4.98 Å². The van der Waals surface area contributed by atoms with Gasteiger partial charge < -0.3 is 14.5 Å². The van der Waals surface area contributed by atoms with Crippen molar-refractivity contribution in [1.82, 2.24) is 10.3 Å². The van der Waals surface area contributed by atoms with Crippen molar-refractivity contribution in [3.8, 4) is 6.08 Å². The van der Waals surface area contributed by atoms with E-state index in [9.17, 15) is 0 Å². The summed E-state index contributed by atoms with van der Waals surface area (Å²) < 4.78 is 11.6. The molecule has 2 fully saturated rings. The van der Waals surface area contributed by atoms with E-state index in [0.717, 1.165) is 37.5 Å². The maximum Gasteiger partial charge on any atom is 0.394 e. The second-order valence-corrected chi connectivity index (χ2v) is 7.50. The van der Waals surface area contributed by atoms with Crippen molar-refractivity contribution in [2.45, 2.75) is 66.0 Å². The summed E-state index contributed by atoms with van der Waals surface area (Å²) in [5.74, 6) is 0.771. The van der Waals surface area contributed by atoms with Gasteiger partial charge in [0.15, 0.2) is 0 Å². The van der Waals surface area contributed by atoms with Crippen LogP contribution in [0, 0.1) is 16.7 Å². The minimum Gasteiger partial charge on any atom is -0.446 e. The summed E-state index contributed by atoms with van der Waals surface area (Å²) in [4.78, 5) is 4.46. The first kappa shape index (κ1) is 14.9. The molecular weight excluding hydrogens is 264 g/mol. The molecule has 3 rings (SSSR count).